The average Bonchev–Trinajstić information content (AvgIpc) is 3.25. The van der Waals surface area contributed by atoms with Gasteiger partial charge in [0, 0.05) is 17.7 Å². The lowest BCUT2D eigenvalue weighted by molar-refractivity contribution is -0.384. The molecule has 0 saturated heterocycles. The second-order valence-electron chi connectivity index (χ2n) is 5.76. The molecule has 10 heteroatoms. The van der Waals surface area contributed by atoms with Crippen LogP contribution in [0.1, 0.15) is 29.6 Å². The van der Waals surface area contributed by atoms with E-state index in [-0.39, 0.29) is 16.9 Å². The van der Waals surface area contributed by atoms with E-state index in [0.29, 0.717) is 19.3 Å². The predicted octanol–water partition coefficient (Wildman–Crippen LogP) is 1.16. The fourth-order valence-corrected chi connectivity index (χ4v) is 3.02. The number of carbonyl (C=O) groups is 2. The number of nitro benzene ring substituents is 1. The van der Waals surface area contributed by atoms with Gasteiger partial charge in [0.2, 0.25) is 0 Å². The van der Waals surface area contributed by atoms with Gasteiger partial charge in [-0.25, -0.2) is 9.67 Å². The molecule has 3 rings (SSSR count). The lowest BCUT2D eigenvalue weighted by Gasteiger charge is -2.17. The Bertz CT molecular complexity index is 820. The number of carboxylic acids is 1. The largest absolute Gasteiger partial charge is 0.481 e. The Kier molecular flexibility index (Phi) is 4.42. The molecule has 0 spiro atoms. The van der Waals surface area contributed by atoms with Crippen molar-refractivity contribution in [1.82, 2.24) is 20.1 Å². The second kappa shape index (κ2) is 6.67. The topological polar surface area (TPSA) is 140 Å². The number of aliphatic carboxylic acids is 1. The molecular formula is C15H15N5O5. The Balaban J connectivity index is 1.85. The molecule has 1 heterocycles. The van der Waals surface area contributed by atoms with Gasteiger partial charge in [0.25, 0.3) is 11.6 Å². The number of amides is 1. The smallest absolute Gasteiger partial charge is 0.308 e. The molecule has 2 N–H and O–H groups in total. The van der Waals surface area contributed by atoms with Gasteiger partial charge in [0.05, 0.1) is 10.8 Å². The fourth-order valence-electron chi connectivity index (χ4n) is 3.02. The highest BCUT2D eigenvalue weighted by atomic mass is 16.6. The molecule has 25 heavy (non-hydrogen) atoms. The number of aromatic nitrogens is 3. The Morgan fingerprint density at radius 3 is 2.80 bits per heavy atom. The molecule has 1 saturated carbocycles. The molecule has 2 atom stereocenters. The zero-order valence-corrected chi connectivity index (χ0v) is 13.0. The van der Waals surface area contributed by atoms with Gasteiger partial charge in [0.1, 0.15) is 18.3 Å². The quantitative estimate of drug-likeness (QED) is 0.612. The van der Waals surface area contributed by atoms with Crippen LogP contribution in [0.2, 0.25) is 0 Å². The lowest BCUT2D eigenvalue weighted by Crippen LogP contribution is -2.40. The van der Waals surface area contributed by atoms with Crippen molar-refractivity contribution >= 4 is 17.6 Å². The summed E-state index contributed by atoms with van der Waals surface area (Å²) in [6.45, 7) is 0. The van der Waals surface area contributed by atoms with Crippen LogP contribution in [0, 0.1) is 16.0 Å². The second-order valence-corrected chi connectivity index (χ2v) is 5.76. The molecule has 130 valence electrons. The first-order chi connectivity index (χ1) is 12.0. The summed E-state index contributed by atoms with van der Waals surface area (Å²) in [5, 5.41) is 27.0. The van der Waals surface area contributed by atoms with Gasteiger partial charge in [-0.2, -0.15) is 5.10 Å². The van der Waals surface area contributed by atoms with Gasteiger partial charge >= 0.3 is 5.97 Å². The van der Waals surface area contributed by atoms with Crippen LogP contribution in [0.25, 0.3) is 5.69 Å². The summed E-state index contributed by atoms with van der Waals surface area (Å²) in [7, 11) is 0. The van der Waals surface area contributed by atoms with E-state index in [1.165, 1.54) is 29.5 Å². The van der Waals surface area contributed by atoms with Crippen molar-refractivity contribution in [3.8, 4) is 5.69 Å². The molecular weight excluding hydrogens is 330 g/mol. The van der Waals surface area contributed by atoms with E-state index < -0.39 is 28.8 Å². The minimum absolute atomic E-state index is 0.0894. The third kappa shape index (κ3) is 3.32. The van der Waals surface area contributed by atoms with Crippen LogP contribution in [0.3, 0.4) is 0 Å². The summed E-state index contributed by atoms with van der Waals surface area (Å²) >= 11 is 0. The van der Waals surface area contributed by atoms with E-state index in [1.54, 1.807) is 0 Å². The molecule has 1 aromatic carbocycles. The summed E-state index contributed by atoms with van der Waals surface area (Å²) in [6, 6.07) is 3.52. The number of benzene rings is 1. The van der Waals surface area contributed by atoms with Crippen LogP contribution < -0.4 is 5.32 Å². The number of nitrogens with one attached hydrogen (secondary N) is 1. The van der Waals surface area contributed by atoms with Crippen LogP contribution in [-0.2, 0) is 4.79 Å². The van der Waals surface area contributed by atoms with E-state index in [0.717, 1.165) is 6.07 Å². The van der Waals surface area contributed by atoms with Crippen molar-refractivity contribution in [3.05, 3.63) is 46.5 Å². The summed E-state index contributed by atoms with van der Waals surface area (Å²) < 4.78 is 1.23. The number of hydrogen-bond donors (Lipinski definition) is 2. The highest BCUT2D eigenvalue weighted by Gasteiger charge is 2.34. The Labute approximate surface area is 141 Å². The van der Waals surface area contributed by atoms with E-state index in [1.807, 2.05) is 0 Å². The van der Waals surface area contributed by atoms with Gasteiger partial charge < -0.3 is 10.4 Å². The molecule has 0 radical (unpaired) electrons. The monoisotopic (exact) mass is 345 g/mol. The van der Waals surface area contributed by atoms with Gasteiger partial charge in [0.15, 0.2) is 0 Å². The van der Waals surface area contributed by atoms with Gasteiger partial charge in [-0.3, -0.25) is 19.7 Å². The Hall–Kier alpha value is -3.30. The number of nitrogens with zero attached hydrogens (tertiary/aromatic N) is 4. The highest BCUT2D eigenvalue weighted by molar-refractivity contribution is 5.95. The molecule has 2 aromatic rings. The fraction of sp³-hybridized carbons (Fsp3) is 0.333. The molecule has 0 bridgehead atoms. The number of carboxylic acid groups (broad SMARTS) is 1. The molecule has 1 aliphatic carbocycles. The first-order valence-corrected chi connectivity index (χ1v) is 7.64. The predicted molar refractivity (Wildman–Crippen MR) is 84.2 cm³/mol. The van der Waals surface area contributed by atoms with Crippen LogP contribution in [0.5, 0.6) is 0 Å². The van der Waals surface area contributed by atoms with Crippen molar-refractivity contribution in [3.63, 3.8) is 0 Å². The third-order valence-electron chi connectivity index (χ3n) is 4.25. The van der Waals surface area contributed by atoms with Crippen LogP contribution >= 0.6 is 0 Å². The molecule has 10 nitrogen and oxygen atoms in total. The van der Waals surface area contributed by atoms with Gasteiger partial charge in [-0.15, -0.1) is 0 Å². The van der Waals surface area contributed by atoms with Gasteiger partial charge in [-0.1, -0.05) is 6.42 Å². The molecule has 1 amide bonds. The van der Waals surface area contributed by atoms with Gasteiger partial charge in [-0.05, 0) is 25.0 Å². The summed E-state index contributed by atoms with van der Waals surface area (Å²) in [4.78, 5) is 38.0. The maximum absolute atomic E-state index is 12.4. The minimum Gasteiger partial charge on any atom is -0.481 e. The molecule has 0 aliphatic heterocycles. The summed E-state index contributed by atoms with van der Waals surface area (Å²) in [6.07, 6.45) is 4.36. The highest BCUT2D eigenvalue weighted by Crippen LogP contribution is 2.27. The van der Waals surface area contributed by atoms with E-state index >= 15 is 0 Å². The normalized spacial score (nSPS) is 19.5. The first-order valence-electron chi connectivity index (χ1n) is 7.64. The standard InChI is InChI=1S/C15H15N5O5/c21-14(18-11-3-1-2-10(11)15(22)23)9-4-5-12(13(6-9)20(24)25)19-8-16-7-17-19/h4-8,10-11H,1-3H2,(H,18,21)(H,22,23)/t10-,11+/m1/s1. The first kappa shape index (κ1) is 16.6. The number of rotatable bonds is 5. The number of carbonyl (C=O) groups excluding carboxylic acids is 1. The number of nitro groups is 1. The average molecular weight is 345 g/mol. The summed E-state index contributed by atoms with van der Waals surface area (Å²) in [5.74, 6) is -2.12. The maximum atomic E-state index is 12.4. The van der Waals surface area contributed by atoms with Crippen LogP contribution in [0.4, 0.5) is 5.69 Å². The lowest BCUT2D eigenvalue weighted by atomic mass is 10.0. The van der Waals surface area contributed by atoms with Crippen LogP contribution in [0.15, 0.2) is 30.9 Å². The molecule has 0 unspecified atom stereocenters. The SMILES string of the molecule is O=C(N[C@H]1CCC[C@H]1C(=O)O)c1ccc(-n2cncn2)c([N+](=O)[O-])c1. The van der Waals surface area contributed by atoms with Crippen molar-refractivity contribution in [1.29, 1.82) is 0 Å². The van der Waals surface area contributed by atoms with Crippen molar-refractivity contribution < 1.29 is 19.6 Å². The maximum Gasteiger partial charge on any atom is 0.308 e. The number of hydrogen-bond acceptors (Lipinski definition) is 6. The Morgan fingerprint density at radius 1 is 1.36 bits per heavy atom. The van der Waals surface area contributed by atoms with E-state index in [2.05, 4.69) is 15.4 Å². The Morgan fingerprint density at radius 2 is 2.16 bits per heavy atom. The molecule has 1 aliphatic rings. The minimum atomic E-state index is -0.949. The third-order valence-corrected chi connectivity index (χ3v) is 4.25. The van der Waals surface area contributed by atoms with Crippen molar-refractivity contribution in [2.24, 2.45) is 5.92 Å². The zero-order chi connectivity index (χ0) is 18.0. The van der Waals surface area contributed by atoms with Crippen LogP contribution in [-0.4, -0.2) is 42.7 Å². The zero-order valence-electron chi connectivity index (χ0n) is 13.0. The molecule has 1 fully saturated rings. The van der Waals surface area contributed by atoms with E-state index in [9.17, 15) is 19.7 Å². The molecule has 1 aromatic heterocycles. The summed E-state index contributed by atoms with van der Waals surface area (Å²) in [5.41, 5.74) is -0.0192. The van der Waals surface area contributed by atoms with Crippen molar-refractivity contribution in [2.45, 2.75) is 25.3 Å². The van der Waals surface area contributed by atoms with Crippen molar-refractivity contribution in [2.75, 3.05) is 0 Å². The van der Waals surface area contributed by atoms with E-state index in [4.69, 9.17) is 5.11 Å².